The molecular formula is C12H15N5O2S. The van der Waals surface area contributed by atoms with Gasteiger partial charge in [-0.15, -0.1) is 5.10 Å². The van der Waals surface area contributed by atoms with Gasteiger partial charge in [0.2, 0.25) is 5.89 Å². The van der Waals surface area contributed by atoms with E-state index < -0.39 is 0 Å². The van der Waals surface area contributed by atoms with Crippen molar-refractivity contribution in [2.75, 3.05) is 13.1 Å². The maximum absolute atomic E-state index is 12.5. The van der Waals surface area contributed by atoms with E-state index in [1.807, 2.05) is 4.90 Å². The first-order chi connectivity index (χ1) is 9.65. The molecule has 7 nitrogen and oxygen atoms in total. The average Bonchev–Trinajstić information content (AvgIpc) is 3.07. The summed E-state index contributed by atoms with van der Waals surface area (Å²) in [6, 6.07) is 0. The summed E-state index contributed by atoms with van der Waals surface area (Å²) in [6.45, 7) is 4.96. The van der Waals surface area contributed by atoms with Crippen LogP contribution in [0, 0.1) is 13.8 Å². The maximum atomic E-state index is 12.5. The number of carbonyl (C=O) groups excluding carboxylic acids is 1. The molecule has 2 aromatic rings. The SMILES string of the molecule is Cc1noc([C@H]2CCCN(C(=O)c3snnc3C)C2)n1. The second-order valence-corrected chi connectivity index (χ2v) is 5.71. The predicted molar refractivity (Wildman–Crippen MR) is 71.6 cm³/mol. The normalized spacial score (nSPS) is 19.3. The van der Waals surface area contributed by atoms with E-state index >= 15 is 0 Å². The zero-order valence-corrected chi connectivity index (χ0v) is 12.2. The van der Waals surface area contributed by atoms with Crippen LogP contribution in [0.3, 0.4) is 0 Å². The first-order valence-corrected chi connectivity index (χ1v) is 7.31. The molecule has 3 heterocycles. The molecule has 1 atom stereocenters. The number of aryl methyl sites for hydroxylation is 2. The van der Waals surface area contributed by atoms with E-state index in [-0.39, 0.29) is 11.8 Å². The van der Waals surface area contributed by atoms with Gasteiger partial charge in [0.15, 0.2) is 5.82 Å². The van der Waals surface area contributed by atoms with E-state index in [9.17, 15) is 4.79 Å². The fourth-order valence-corrected chi connectivity index (χ4v) is 3.04. The molecule has 0 saturated carbocycles. The van der Waals surface area contributed by atoms with Crippen LogP contribution >= 0.6 is 11.5 Å². The number of hydrogen-bond donors (Lipinski definition) is 0. The summed E-state index contributed by atoms with van der Waals surface area (Å²) in [5.74, 6) is 1.37. The van der Waals surface area contributed by atoms with E-state index in [0.29, 0.717) is 28.8 Å². The quantitative estimate of drug-likeness (QED) is 0.835. The Labute approximate surface area is 120 Å². The second kappa shape index (κ2) is 5.28. The smallest absolute Gasteiger partial charge is 0.267 e. The van der Waals surface area contributed by atoms with Gasteiger partial charge < -0.3 is 9.42 Å². The number of aromatic nitrogens is 4. The van der Waals surface area contributed by atoms with Crippen LogP contribution in [0.15, 0.2) is 4.52 Å². The van der Waals surface area contributed by atoms with Crippen molar-refractivity contribution in [2.45, 2.75) is 32.6 Å². The van der Waals surface area contributed by atoms with Crippen molar-refractivity contribution in [2.24, 2.45) is 0 Å². The van der Waals surface area contributed by atoms with Crippen LogP contribution in [0.4, 0.5) is 0 Å². The van der Waals surface area contributed by atoms with Crippen LogP contribution in [0.1, 0.15) is 45.8 Å². The number of hydrogen-bond acceptors (Lipinski definition) is 7. The summed E-state index contributed by atoms with van der Waals surface area (Å²) in [5.41, 5.74) is 0.691. The lowest BCUT2D eigenvalue weighted by molar-refractivity contribution is 0.0699. The van der Waals surface area contributed by atoms with E-state index in [1.165, 1.54) is 0 Å². The number of amides is 1. The van der Waals surface area contributed by atoms with Gasteiger partial charge in [-0.25, -0.2) is 0 Å². The van der Waals surface area contributed by atoms with Crippen molar-refractivity contribution in [3.05, 3.63) is 22.3 Å². The molecule has 1 aliphatic heterocycles. The summed E-state index contributed by atoms with van der Waals surface area (Å²) in [4.78, 5) is 19.2. The van der Waals surface area contributed by atoms with Crippen LogP contribution in [0.5, 0.6) is 0 Å². The molecule has 0 radical (unpaired) electrons. The summed E-state index contributed by atoms with van der Waals surface area (Å²) in [7, 11) is 0. The summed E-state index contributed by atoms with van der Waals surface area (Å²) in [5, 5.41) is 7.71. The second-order valence-electron chi connectivity index (χ2n) is 4.96. The molecule has 0 aliphatic carbocycles. The topological polar surface area (TPSA) is 85.0 Å². The van der Waals surface area contributed by atoms with Crippen LogP contribution < -0.4 is 0 Å². The van der Waals surface area contributed by atoms with Crippen LogP contribution in [0.25, 0.3) is 0 Å². The Bertz CT molecular complexity index is 623. The molecule has 0 unspecified atom stereocenters. The minimum absolute atomic E-state index is 0.00145. The van der Waals surface area contributed by atoms with Crippen molar-refractivity contribution in [3.8, 4) is 0 Å². The summed E-state index contributed by atoms with van der Waals surface area (Å²) in [6.07, 6.45) is 1.90. The monoisotopic (exact) mass is 293 g/mol. The third-order valence-electron chi connectivity index (χ3n) is 3.45. The third kappa shape index (κ3) is 2.43. The highest BCUT2D eigenvalue weighted by atomic mass is 32.1. The van der Waals surface area contributed by atoms with Crippen LogP contribution in [-0.4, -0.2) is 43.6 Å². The van der Waals surface area contributed by atoms with Crippen LogP contribution in [0.2, 0.25) is 0 Å². The minimum Gasteiger partial charge on any atom is -0.339 e. The van der Waals surface area contributed by atoms with Gasteiger partial charge >= 0.3 is 0 Å². The van der Waals surface area contributed by atoms with Crippen molar-refractivity contribution in [1.82, 2.24) is 24.6 Å². The van der Waals surface area contributed by atoms with Gasteiger partial charge in [-0.1, -0.05) is 9.64 Å². The molecule has 0 N–H and O–H groups in total. The lowest BCUT2D eigenvalue weighted by Crippen LogP contribution is -2.39. The Kier molecular flexibility index (Phi) is 3.47. The fraction of sp³-hybridized carbons (Fsp3) is 0.583. The first kappa shape index (κ1) is 13.2. The standard InChI is InChI=1S/C12H15N5O2S/c1-7-10(20-16-14-7)12(18)17-5-3-4-9(6-17)11-13-8(2)15-19-11/h9H,3-6H2,1-2H3/t9-/m0/s1. The van der Waals surface area contributed by atoms with E-state index in [0.717, 1.165) is 30.9 Å². The largest absolute Gasteiger partial charge is 0.339 e. The highest BCUT2D eigenvalue weighted by molar-refractivity contribution is 7.07. The molecule has 1 saturated heterocycles. The third-order valence-corrected chi connectivity index (χ3v) is 4.26. The van der Waals surface area contributed by atoms with Gasteiger partial charge in [0.1, 0.15) is 4.88 Å². The Balaban J connectivity index is 1.75. The van der Waals surface area contributed by atoms with Gasteiger partial charge in [0, 0.05) is 13.1 Å². The molecule has 8 heteroatoms. The fourth-order valence-electron chi connectivity index (χ4n) is 2.41. The van der Waals surface area contributed by atoms with Gasteiger partial charge in [-0.3, -0.25) is 4.79 Å². The van der Waals surface area contributed by atoms with Gasteiger partial charge in [-0.2, -0.15) is 4.98 Å². The molecule has 1 aliphatic rings. The Morgan fingerprint density at radius 3 is 2.95 bits per heavy atom. The molecule has 106 valence electrons. The molecule has 0 aromatic carbocycles. The minimum atomic E-state index is -0.00145. The molecular weight excluding hydrogens is 278 g/mol. The molecule has 20 heavy (non-hydrogen) atoms. The van der Waals surface area contributed by atoms with Gasteiger partial charge in [0.05, 0.1) is 11.6 Å². The van der Waals surface area contributed by atoms with Gasteiger partial charge in [-0.05, 0) is 38.2 Å². The highest BCUT2D eigenvalue weighted by Gasteiger charge is 2.30. The molecule has 1 amide bonds. The molecule has 1 fully saturated rings. The predicted octanol–water partition coefficient (Wildman–Crippen LogP) is 1.56. The molecule has 0 bridgehead atoms. The highest BCUT2D eigenvalue weighted by Crippen LogP contribution is 2.27. The first-order valence-electron chi connectivity index (χ1n) is 6.53. The van der Waals surface area contributed by atoms with Crippen LogP contribution in [-0.2, 0) is 0 Å². The lowest BCUT2D eigenvalue weighted by Gasteiger charge is -2.30. The Morgan fingerprint density at radius 1 is 1.45 bits per heavy atom. The van der Waals surface area contributed by atoms with E-state index in [4.69, 9.17) is 4.52 Å². The molecule has 2 aromatic heterocycles. The number of carbonyl (C=O) groups is 1. The average molecular weight is 293 g/mol. The van der Waals surface area contributed by atoms with Crippen molar-refractivity contribution >= 4 is 17.4 Å². The summed E-state index contributed by atoms with van der Waals surface area (Å²) < 4.78 is 9.05. The van der Waals surface area contributed by atoms with E-state index in [2.05, 4.69) is 19.7 Å². The zero-order valence-electron chi connectivity index (χ0n) is 11.4. The van der Waals surface area contributed by atoms with Crippen molar-refractivity contribution in [3.63, 3.8) is 0 Å². The number of rotatable bonds is 2. The lowest BCUT2D eigenvalue weighted by atomic mass is 9.98. The number of likely N-dealkylation sites (tertiary alicyclic amines) is 1. The van der Waals surface area contributed by atoms with Gasteiger partial charge in [0.25, 0.3) is 5.91 Å². The summed E-state index contributed by atoms with van der Waals surface area (Å²) >= 11 is 1.15. The Morgan fingerprint density at radius 2 is 2.30 bits per heavy atom. The Hall–Kier alpha value is -1.83. The van der Waals surface area contributed by atoms with Crippen molar-refractivity contribution < 1.29 is 9.32 Å². The molecule has 0 spiro atoms. The van der Waals surface area contributed by atoms with Crippen molar-refractivity contribution in [1.29, 1.82) is 0 Å². The zero-order chi connectivity index (χ0) is 14.1. The van der Waals surface area contributed by atoms with E-state index in [1.54, 1.807) is 13.8 Å². The number of piperidine rings is 1. The molecule has 3 rings (SSSR count). The number of nitrogens with zero attached hydrogens (tertiary/aromatic N) is 5. The maximum Gasteiger partial charge on any atom is 0.267 e.